The van der Waals surface area contributed by atoms with Gasteiger partial charge in [0.15, 0.2) is 0 Å². The van der Waals surface area contributed by atoms with E-state index < -0.39 is 0 Å². The number of ether oxygens (including phenoxy) is 1. The third-order valence-corrected chi connectivity index (χ3v) is 3.52. The maximum atomic E-state index is 5.68. The van der Waals surface area contributed by atoms with Gasteiger partial charge in [-0.1, -0.05) is 27.7 Å². The molecule has 0 saturated heterocycles. The van der Waals surface area contributed by atoms with E-state index >= 15 is 0 Å². The van der Waals surface area contributed by atoms with Crippen LogP contribution in [0.25, 0.3) is 0 Å². The number of hydrogen-bond donors (Lipinski definition) is 0. The third-order valence-electron chi connectivity index (χ3n) is 2.23. The van der Waals surface area contributed by atoms with Gasteiger partial charge in [-0.2, -0.15) is 11.8 Å². The fraction of sp³-hybridized carbons (Fsp3) is 1.00. The quantitative estimate of drug-likeness (QED) is 0.642. The summed E-state index contributed by atoms with van der Waals surface area (Å²) in [5.74, 6) is 2.65. The summed E-state index contributed by atoms with van der Waals surface area (Å²) >= 11 is 2.04. The van der Waals surface area contributed by atoms with Gasteiger partial charge in [0.2, 0.25) is 0 Å². The molecule has 0 heterocycles. The van der Waals surface area contributed by atoms with E-state index in [0.29, 0.717) is 12.0 Å². The van der Waals surface area contributed by atoms with Crippen molar-refractivity contribution in [1.29, 1.82) is 0 Å². The van der Waals surface area contributed by atoms with Crippen molar-refractivity contribution in [2.24, 2.45) is 11.8 Å². The summed E-state index contributed by atoms with van der Waals surface area (Å²) in [6.45, 7) is 14.2. The number of hydrogen-bond acceptors (Lipinski definition) is 2. The van der Waals surface area contributed by atoms with Gasteiger partial charge in [0, 0.05) is 0 Å². The Morgan fingerprint density at radius 3 is 1.93 bits per heavy atom. The largest absolute Gasteiger partial charge is 0.378 e. The average molecular weight is 218 g/mol. The lowest BCUT2D eigenvalue weighted by Crippen LogP contribution is -2.21. The SMILES string of the molecule is CC(C)OCC(CSC(C)C)C(C)C. The Morgan fingerprint density at radius 1 is 1.00 bits per heavy atom. The van der Waals surface area contributed by atoms with E-state index in [-0.39, 0.29) is 0 Å². The molecule has 0 aromatic rings. The molecule has 0 aromatic carbocycles. The van der Waals surface area contributed by atoms with Crippen LogP contribution in [0.2, 0.25) is 0 Å². The zero-order chi connectivity index (χ0) is 11.1. The summed E-state index contributed by atoms with van der Waals surface area (Å²) in [5, 5.41) is 0.732. The molecular formula is C12H26OS. The Morgan fingerprint density at radius 2 is 1.57 bits per heavy atom. The predicted octanol–water partition coefficient (Wildman–Crippen LogP) is 3.83. The molecule has 2 heteroatoms. The van der Waals surface area contributed by atoms with Crippen LogP contribution in [-0.4, -0.2) is 23.7 Å². The molecule has 86 valence electrons. The van der Waals surface area contributed by atoms with E-state index in [1.165, 1.54) is 5.75 Å². The smallest absolute Gasteiger partial charge is 0.0519 e. The van der Waals surface area contributed by atoms with Crippen LogP contribution in [0.3, 0.4) is 0 Å². The molecule has 0 aromatic heterocycles. The van der Waals surface area contributed by atoms with E-state index in [0.717, 1.165) is 17.8 Å². The molecule has 0 amide bonds. The van der Waals surface area contributed by atoms with Gasteiger partial charge in [-0.05, 0) is 36.7 Å². The van der Waals surface area contributed by atoms with Crippen LogP contribution in [0.5, 0.6) is 0 Å². The molecule has 1 unspecified atom stereocenters. The van der Waals surface area contributed by atoms with Crippen LogP contribution in [0.15, 0.2) is 0 Å². The number of thioether (sulfide) groups is 1. The Hall–Kier alpha value is 0.310. The topological polar surface area (TPSA) is 9.23 Å². The summed E-state index contributed by atoms with van der Waals surface area (Å²) in [5.41, 5.74) is 0. The van der Waals surface area contributed by atoms with Crippen molar-refractivity contribution in [3.05, 3.63) is 0 Å². The van der Waals surface area contributed by atoms with Crippen LogP contribution in [0, 0.1) is 11.8 Å². The minimum atomic E-state index is 0.361. The molecule has 0 aliphatic carbocycles. The van der Waals surface area contributed by atoms with E-state index in [2.05, 4.69) is 41.5 Å². The molecule has 0 bridgehead atoms. The van der Waals surface area contributed by atoms with Crippen LogP contribution < -0.4 is 0 Å². The summed E-state index contributed by atoms with van der Waals surface area (Å²) < 4.78 is 5.68. The first kappa shape index (κ1) is 14.3. The molecule has 0 spiro atoms. The maximum absolute atomic E-state index is 5.68. The lowest BCUT2D eigenvalue weighted by atomic mass is 9.99. The van der Waals surface area contributed by atoms with Gasteiger partial charge in [0.05, 0.1) is 12.7 Å². The molecule has 0 fully saturated rings. The molecule has 1 nitrogen and oxygen atoms in total. The van der Waals surface area contributed by atoms with Crippen molar-refractivity contribution in [2.45, 2.75) is 52.9 Å². The van der Waals surface area contributed by atoms with Crippen molar-refractivity contribution >= 4 is 11.8 Å². The molecule has 0 aliphatic heterocycles. The van der Waals surface area contributed by atoms with E-state index in [1.807, 2.05) is 11.8 Å². The van der Waals surface area contributed by atoms with Crippen molar-refractivity contribution in [2.75, 3.05) is 12.4 Å². The van der Waals surface area contributed by atoms with E-state index in [9.17, 15) is 0 Å². The second kappa shape index (κ2) is 7.58. The van der Waals surface area contributed by atoms with Gasteiger partial charge < -0.3 is 4.74 Å². The standard InChI is InChI=1S/C12H26OS/c1-9(2)12(7-13-10(3)4)8-14-11(5)6/h9-12H,7-8H2,1-6H3. The molecule has 0 rings (SSSR count). The van der Waals surface area contributed by atoms with Gasteiger partial charge in [-0.3, -0.25) is 0 Å². The van der Waals surface area contributed by atoms with Crippen LogP contribution in [-0.2, 0) is 4.74 Å². The third kappa shape index (κ3) is 7.69. The molecule has 1 atom stereocenters. The van der Waals surface area contributed by atoms with E-state index in [4.69, 9.17) is 4.74 Å². The molecule has 0 radical (unpaired) electrons. The lowest BCUT2D eigenvalue weighted by molar-refractivity contribution is 0.0456. The van der Waals surface area contributed by atoms with Gasteiger partial charge in [0.1, 0.15) is 0 Å². The monoisotopic (exact) mass is 218 g/mol. The highest BCUT2D eigenvalue weighted by atomic mass is 32.2. The summed E-state index contributed by atoms with van der Waals surface area (Å²) in [6.07, 6.45) is 0.361. The van der Waals surface area contributed by atoms with Gasteiger partial charge in [0.25, 0.3) is 0 Å². The van der Waals surface area contributed by atoms with Crippen molar-refractivity contribution in [3.63, 3.8) is 0 Å². The predicted molar refractivity (Wildman–Crippen MR) is 67.0 cm³/mol. The Bertz CT molecular complexity index is 120. The second-order valence-electron chi connectivity index (χ2n) is 4.77. The summed E-state index contributed by atoms with van der Waals surface area (Å²) in [6, 6.07) is 0. The molecule has 0 N–H and O–H groups in total. The van der Waals surface area contributed by atoms with E-state index in [1.54, 1.807) is 0 Å². The average Bonchev–Trinajstić information content (AvgIpc) is 2.02. The van der Waals surface area contributed by atoms with Gasteiger partial charge in [-0.25, -0.2) is 0 Å². The van der Waals surface area contributed by atoms with Gasteiger partial charge >= 0.3 is 0 Å². The first-order chi connectivity index (χ1) is 6.43. The molecular weight excluding hydrogens is 192 g/mol. The normalized spacial score (nSPS) is 14.4. The fourth-order valence-electron chi connectivity index (χ4n) is 1.07. The summed E-state index contributed by atoms with van der Waals surface area (Å²) in [4.78, 5) is 0. The number of rotatable bonds is 7. The minimum absolute atomic E-state index is 0.361. The molecule has 0 saturated carbocycles. The Balaban J connectivity index is 3.78. The zero-order valence-corrected chi connectivity index (χ0v) is 11.4. The van der Waals surface area contributed by atoms with Crippen molar-refractivity contribution in [3.8, 4) is 0 Å². The minimum Gasteiger partial charge on any atom is -0.378 e. The van der Waals surface area contributed by atoms with Crippen molar-refractivity contribution in [1.82, 2.24) is 0 Å². The highest BCUT2D eigenvalue weighted by Crippen LogP contribution is 2.21. The Labute approximate surface area is 94.0 Å². The summed E-state index contributed by atoms with van der Waals surface area (Å²) in [7, 11) is 0. The molecule has 14 heavy (non-hydrogen) atoms. The van der Waals surface area contributed by atoms with Crippen LogP contribution in [0.4, 0.5) is 0 Å². The lowest BCUT2D eigenvalue weighted by Gasteiger charge is -2.22. The van der Waals surface area contributed by atoms with Crippen LogP contribution in [0.1, 0.15) is 41.5 Å². The van der Waals surface area contributed by atoms with Crippen LogP contribution >= 0.6 is 11.8 Å². The highest BCUT2D eigenvalue weighted by molar-refractivity contribution is 7.99. The fourth-order valence-corrected chi connectivity index (χ4v) is 2.18. The first-order valence-corrected chi connectivity index (χ1v) is 6.71. The van der Waals surface area contributed by atoms with Crippen molar-refractivity contribution < 1.29 is 4.74 Å². The zero-order valence-electron chi connectivity index (χ0n) is 10.5. The van der Waals surface area contributed by atoms with Gasteiger partial charge in [-0.15, -0.1) is 0 Å². The molecule has 0 aliphatic rings. The first-order valence-electron chi connectivity index (χ1n) is 5.66. The highest BCUT2D eigenvalue weighted by Gasteiger charge is 2.15. The maximum Gasteiger partial charge on any atom is 0.0519 e. The second-order valence-corrected chi connectivity index (χ2v) is 6.38. The Kier molecular flexibility index (Phi) is 7.75.